The molecule has 0 N–H and O–H groups in total. The van der Waals surface area contributed by atoms with Crippen LogP contribution in [0, 0.1) is 6.92 Å². The van der Waals surface area contributed by atoms with Crippen LogP contribution in [-0.2, 0) is 13.0 Å². The molecule has 0 amide bonds. The molecule has 0 saturated carbocycles. The second kappa shape index (κ2) is 4.71. The Kier molecular flexibility index (Phi) is 3.30. The van der Waals surface area contributed by atoms with Crippen molar-refractivity contribution in [2.75, 3.05) is 0 Å². The first kappa shape index (κ1) is 11.2. The van der Waals surface area contributed by atoms with Crippen molar-refractivity contribution >= 4 is 11.6 Å². The molecule has 0 fully saturated rings. The van der Waals surface area contributed by atoms with Crippen molar-refractivity contribution in [2.24, 2.45) is 0 Å². The van der Waals surface area contributed by atoms with Gasteiger partial charge in [0.2, 0.25) is 0 Å². The van der Waals surface area contributed by atoms with E-state index >= 15 is 0 Å². The van der Waals surface area contributed by atoms with Gasteiger partial charge in [0.1, 0.15) is 5.15 Å². The maximum Gasteiger partial charge on any atom is 0.130 e. The molecule has 0 spiro atoms. The molecule has 84 valence electrons. The van der Waals surface area contributed by atoms with Crippen LogP contribution in [0.2, 0.25) is 5.15 Å². The molecule has 0 atom stereocenters. The van der Waals surface area contributed by atoms with Crippen LogP contribution in [0.15, 0.2) is 30.3 Å². The van der Waals surface area contributed by atoms with Crippen LogP contribution in [0.3, 0.4) is 0 Å². The van der Waals surface area contributed by atoms with Crippen LogP contribution in [-0.4, -0.2) is 9.78 Å². The van der Waals surface area contributed by atoms with E-state index in [-0.39, 0.29) is 0 Å². The number of nitrogens with zero attached hydrogens (tertiary/aromatic N) is 2. The van der Waals surface area contributed by atoms with E-state index in [1.807, 2.05) is 29.8 Å². The molecule has 16 heavy (non-hydrogen) atoms. The van der Waals surface area contributed by atoms with Crippen molar-refractivity contribution < 1.29 is 0 Å². The SMILES string of the molecule is CCc1c(C)nn(Cc2ccccc2)c1Cl. The number of hydrogen-bond acceptors (Lipinski definition) is 1. The molecule has 0 saturated heterocycles. The average molecular weight is 235 g/mol. The predicted molar refractivity (Wildman–Crippen MR) is 66.9 cm³/mol. The summed E-state index contributed by atoms with van der Waals surface area (Å²) < 4.78 is 1.87. The van der Waals surface area contributed by atoms with Gasteiger partial charge in [0.15, 0.2) is 0 Å². The largest absolute Gasteiger partial charge is 0.249 e. The number of aromatic nitrogens is 2. The Morgan fingerprint density at radius 2 is 1.94 bits per heavy atom. The van der Waals surface area contributed by atoms with Gasteiger partial charge >= 0.3 is 0 Å². The summed E-state index contributed by atoms with van der Waals surface area (Å²) in [5, 5.41) is 5.23. The van der Waals surface area contributed by atoms with Crippen molar-refractivity contribution in [3.8, 4) is 0 Å². The number of aryl methyl sites for hydroxylation is 1. The summed E-state index contributed by atoms with van der Waals surface area (Å²) in [7, 11) is 0. The van der Waals surface area contributed by atoms with Crippen LogP contribution in [0.4, 0.5) is 0 Å². The van der Waals surface area contributed by atoms with E-state index in [4.69, 9.17) is 11.6 Å². The molecular weight excluding hydrogens is 220 g/mol. The molecule has 0 radical (unpaired) electrons. The van der Waals surface area contributed by atoms with Crippen LogP contribution in [0.5, 0.6) is 0 Å². The zero-order valence-corrected chi connectivity index (χ0v) is 10.3. The highest BCUT2D eigenvalue weighted by Gasteiger charge is 2.11. The minimum atomic E-state index is 0.737. The fourth-order valence-electron chi connectivity index (χ4n) is 1.85. The van der Waals surface area contributed by atoms with E-state index in [2.05, 4.69) is 24.2 Å². The van der Waals surface area contributed by atoms with E-state index in [0.29, 0.717) is 0 Å². The lowest BCUT2D eigenvalue weighted by molar-refractivity contribution is 0.680. The highest BCUT2D eigenvalue weighted by atomic mass is 35.5. The molecule has 3 heteroatoms. The van der Waals surface area contributed by atoms with Crippen molar-refractivity contribution in [1.29, 1.82) is 0 Å². The summed E-state index contributed by atoms with van der Waals surface area (Å²) in [6.45, 7) is 4.84. The van der Waals surface area contributed by atoms with E-state index in [9.17, 15) is 0 Å². The molecule has 0 aliphatic rings. The van der Waals surface area contributed by atoms with E-state index in [1.54, 1.807) is 0 Å². The quantitative estimate of drug-likeness (QED) is 0.796. The maximum atomic E-state index is 6.28. The Morgan fingerprint density at radius 1 is 1.25 bits per heavy atom. The second-order valence-electron chi connectivity index (χ2n) is 3.85. The summed E-state index contributed by atoms with van der Waals surface area (Å²) in [5.74, 6) is 0. The number of halogens is 1. The lowest BCUT2D eigenvalue weighted by atomic mass is 10.2. The molecule has 2 nitrogen and oxygen atoms in total. The fourth-order valence-corrected chi connectivity index (χ4v) is 2.22. The van der Waals surface area contributed by atoms with Crippen LogP contribution >= 0.6 is 11.6 Å². The third kappa shape index (κ3) is 2.12. The van der Waals surface area contributed by atoms with Gasteiger partial charge in [-0.3, -0.25) is 0 Å². The maximum absolute atomic E-state index is 6.28. The van der Waals surface area contributed by atoms with E-state index < -0.39 is 0 Å². The molecule has 1 aromatic heterocycles. The first-order valence-electron chi connectivity index (χ1n) is 5.48. The highest BCUT2D eigenvalue weighted by Crippen LogP contribution is 2.21. The lowest BCUT2D eigenvalue weighted by Crippen LogP contribution is -2.01. The number of benzene rings is 1. The number of hydrogen-bond donors (Lipinski definition) is 0. The van der Waals surface area contributed by atoms with Gasteiger partial charge in [0, 0.05) is 5.56 Å². The van der Waals surface area contributed by atoms with Gasteiger partial charge in [-0.1, -0.05) is 48.9 Å². The molecule has 1 aromatic carbocycles. The van der Waals surface area contributed by atoms with Gasteiger partial charge in [-0.05, 0) is 18.9 Å². The molecular formula is C13H15ClN2. The highest BCUT2D eigenvalue weighted by molar-refractivity contribution is 6.30. The van der Waals surface area contributed by atoms with Gasteiger partial charge in [-0.25, -0.2) is 4.68 Å². The van der Waals surface area contributed by atoms with Crippen molar-refractivity contribution in [3.63, 3.8) is 0 Å². The summed E-state index contributed by atoms with van der Waals surface area (Å²) in [6.07, 6.45) is 0.930. The Labute approximate surface area is 101 Å². The minimum Gasteiger partial charge on any atom is -0.249 e. The molecule has 0 bridgehead atoms. The monoisotopic (exact) mass is 234 g/mol. The van der Waals surface area contributed by atoms with Crippen LogP contribution < -0.4 is 0 Å². The van der Waals surface area contributed by atoms with E-state index in [1.165, 1.54) is 5.56 Å². The first-order valence-corrected chi connectivity index (χ1v) is 5.86. The summed E-state index contributed by atoms with van der Waals surface area (Å²) in [5.41, 5.74) is 3.40. The number of rotatable bonds is 3. The molecule has 1 heterocycles. The zero-order chi connectivity index (χ0) is 11.5. The molecule has 0 unspecified atom stereocenters. The van der Waals surface area contributed by atoms with Crippen molar-refractivity contribution in [2.45, 2.75) is 26.8 Å². The Morgan fingerprint density at radius 3 is 2.50 bits per heavy atom. The van der Waals surface area contributed by atoms with Gasteiger partial charge in [0.05, 0.1) is 12.2 Å². The standard InChI is InChI=1S/C13H15ClN2/c1-3-12-10(2)15-16(13(12)14)9-11-7-5-4-6-8-11/h4-8H,3,9H2,1-2H3. The van der Waals surface area contributed by atoms with Gasteiger partial charge in [-0.2, -0.15) is 5.10 Å². The van der Waals surface area contributed by atoms with Crippen molar-refractivity contribution in [3.05, 3.63) is 52.3 Å². The first-order chi connectivity index (χ1) is 7.72. The van der Waals surface area contributed by atoms with E-state index in [0.717, 1.165) is 29.4 Å². The Hall–Kier alpha value is -1.28. The van der Waals surface area contributed by atoms with Gasteiger partial charge in [-0.15, -0.1) is 0 Å². The third-order valence-electron chi connectivity index (χ3n) is 2.71. The molecule has 0 aliphatic carbocycles. The topological polar surface area (TPSA) is 17.8 Å². The smallest absolute Gasteiger partial charge is 0.130 e. The summed E-state index contributed by atoms with van der Waals surface area (Å²) in [4.78, 5) is 0. The lowest BCUT2D eigenvalue weighted by Gasteiger charge is -2.03. The predicted octanol–water partition coefficient (Wildman–Crippen LogP) is 3.46. The third-order valence-corrected chi connectivity index (χ3v) is 3.14. The fraction of sp³-hybridized carbons (Fsp3) is 0.308. The Bertz CT molecular complexity index is 474. The zero-order valence-electron chi connectivity index (χ0n) is 9.57. The molecule has 2 rings (SSSR count). The van der Waals surface area contributed by atoms with Gasteiger partial charge in [0.25, 0.3) is 0 Å². The molecule has 2 aromatic rings. The average Bonchev–Trinajstić information content (AvgIpc) is 2.55. The summed E-state index contributed by atoms with van der Waals surface area (Å²) in [6, 6.07) is 10.2. The minimum absolute atomic E-state index is 0.737. The summed E-state index contributed by atoms with van der Waals surface area (Å²) >= 11 is 6.28. The Balaban J connectivity index is 2.29. The van der Waals surface area contributed by atoms with Crippen LogP contribution in [0.25, 0.3) is 0 Å². The normalized spacial score (nSPS) is 10.7. The molecule has 0 aliphatic heterocycles. The van der Waals surface area contributed by atoms with Crippen molar-refractivity contribution in [1.82, 2.24) is 9.78 Å². The van der Waals surface area contributed by atoms with Crippen LogP contribution in [0.1, 0.15) is 23.7 Å². The van der Waals surface area contributed by atoms with Gasteiger partial charge < -0.3 is 0 Å². The second-order valence-corrected chi connectivity index (χ2v) is 4.21.